The van der Waals surface area contributed by atoms with Crippen LogP contribution in [-0.4, -0.2) is 21.9 Å². The fraction of sp³-hybridized carbons (Fsp3) is 0.150. The fourth-order valence-corrected chi connectivity index (χ4v) is 3.47. The van der Waals surface area contributed by atoms with E-state index in [9.17, 15) is 9.90 Å². The van der Waals surface area contributed by atoms with Crippen molar-refractivity contribution >= 4 is 23.2 Å². The van der Waals surface area contributed by atoms with Gasteiger partial charge >= 0.3 is 0 Å². The zero-order valence-electron chi connectivity index (χ0n) is 14.4. The van der Waals surface area contributed by atoms with Crippen LogP contribution in [0.4, 0.5) is 0 Å². The summed E-state index contributed by atoms with van der Waals surface area (Å²) < 4.78 is 5.52. The summed E-state index contributed by atoms with van der Waals surface area (Å²) in [5.41, 5.74) is 9.85. The van der Waals surface area contributed by atoms with Crippen molar-refractivity contribution < 1.29 is 14.4 Å². The van der Waals surface area contributed by atoms with Gasteiger partial charge in [0.2, 0.25) is 5.91 Å². The van der Waals surface area contributed by atoms with Crippen LogP contribution in [0, 0.1) is 6.92 Å². The van der Waals surface area contributed by atoms with Gasteiger partial charge in [-0.2, -0.15) is 0 Å². The summed E-state index contributed by atoms with van der Waals surface area (Å²) in [7, 11) is 0. The number of fused-ring (bicyclic) bond motifs is 3. The van der Waals surface area contributed by atoms with Crippen LogP contribution in [0.15, 0.2) is 52.0 Å². The van der Waals surface area contributed by atoms with Crippen molar-refractivity contribution in [1.29, 1.82) is 0 Å². The Hall–Kier alpha value is -3.12. The van der Waals surface area contributed by atoms with E-state index in [2.05, 4.69) is 5.16 Å². The number of halogens is 1. The van der Waals surface area contributed by atoms with Crippen molar-refractivity contribution in [2.24, 2.45) is 10.7 Å². The molecule has 136 valence electrons. The number of aromatic nitrogens is 1. The third-order valence-electron chi connectivity index (χ3n) is 4.52. The number of aliphatic imine (C=N–C) groups is 1. The van der Waals surface area contributed by atoms with Gasteiger partial charge in [-0.25, -0.2) is 0 Å². The average molecular weight is 382 g/mol. The van der Waals surface area contributed by atoms with Gasteiger partial charge in [0.25, 0.3) is 0 Å². The highest BCUT2D eigenvalue weighted by molar-refractivity contribution is 6.30. The lowest BCUT2D eigenvalue weighted by molar-refractivity contribution is -0.118. The Labute approximate surface area is 160 Å². The summed E-state index contributed by atoms with van der Waals surface area (Å²) in [6.07, 6.45) is -0.0152. The van der Waals surface area contributed by atoms with Gasteiger partial charge in [-0.05, 0) is 42.8 Å². The minimum absolute atomic E-state index is 0.0152. The Bertz CT molecular complexity index is 1070. The Kier molecular flexibility index (Phi) is 4.20. The first kappa shape index (κ1) is 17.3. The molecule has 1 aliphatic heterocycles. The molecule has 3 aromatic rings. The Morgan fingerprint density at radius 1 is 1.22 bits per heavy atom. The number of phenols is 1. The van der Waals surface area contributed by atoms with Crippen molar-refractivity contribution in [2.45, 2.75) is 19.4 Å². The minimum Gasteiger partial charge on any atom is -0.508 e. The minimum atomic E-state index is -0.612. The number of benzene rings is 2. The molecule has 0 bridgehead atoms. The average Bonchev–Trinajstić information content (AvgIpc) is 2.94. The number of rotatable bonds is 3. The van der Waals surface area contributed by atoms with Crippen LogP contribution in [0.25, 0.3) is 11.1 Å². The largest absolute Gasteiger partial charge is 0.508 e. The zero-order valence-corrected chi connectivity index (χ0v) is 15.2. The zero-order chi connectivity index (χ0) is 19.1. The van der Waals surface area contributed by atoms with Crippen LogP contribution in [0.3, 0.4) is 0 Å². The number of carbonyl (C=O) groups excluding carboxylic acids is 1. The van der Waals surface area contributed by atoms with E-state index in [1.165, 1.54) is 0 Å². The summed E-state index contributed by atoms with van der Waals surface area (Å²) in [4.78, 5) is 16.4. The van der Waals surface area contributed by atoms with Gasteiger partial charge in [0.15, 0.2) is 5.76 Å². The van der Waals surface area contributed by atoms with Crippen molar-refractivity contribution in [3.63, 3.8) is 0 Å². The fourth-order valence-electron chi connectivity index (χ4n) is 3.34. The maximum Gasteiger partial charge on any atom is 0.220 e. The molecule has 0 unspecified atom stereocenters. The maximum atomic E-state index is 11.6. The molecule has 2 heterocycles. The van der Waals surface area contributed by atoms with Crippen LogP contribution in [0.5, 0.6) is 5.75 Å². The van der Waals surface area contributed by atoms with Gasteiger partial charge in [0.05, 0.1) is 23.4 Å². The Balaban J connectivity index is 2.02. The van der Waals surface area contributed by atoms with E-state index in [-0.39, 0.29) is 12.2 Å². The first-order valence-electron chi connectivity index (χ1n) is 8.36. The highest BCUT2D eigenvalue weighted by Crippen LogP contribution is 2.41. The molecule has 2 aromatic carbocycles. The van der Waals surface area contributed by atoms with Crippen LogP contribution in [0.2, 0.25) is 5.02 Å². The third kappa shape index (κ3) is 3.08. The molecular formula is C20H16ClN3O3. The van der Waals surface area contributed by atoms with Gasteiger partial charge in [-0.3, -0.25) is 9.79 Å². The molecule has 0 fully saturated rings. The smallest absolute Gasteiger partial charge is 0.220 e. The lowest BCUT2D eigenvalue weighted by atomic mass is 9.92. The number of nitrogens with two attached hydrogens (primary N) is 1. The van der Waals surface area contributed by atoms with E-state index < -0.39 is 11.9 Å². The molecule has 0 spiro atoms. The van der Waals surface area contributed by atoms with E-state index >= 15 is 0 Å². The molecule has 1 aromatic heterocycles. The summed E-state index contributed by atoms with van der Waals surface area (Å²) in [5, 5.41) is 14.7. The highest BCUT2D eigenvalue weighted by atomic mass is 35.5. The first-order chi connectivity index (χ1) is 12.9. The molecule has 1 atom stereocenters. The van der Waals surface area contributed by atoms with Crippen LogP contribution in [0.1, 0.15) is 35.0 Å². The normalized spacial score (nSPS) is 15.5. The standard InChI is InChI=1S/C20H16ClN3O3/c1-10-18-14-7-6-13(25)8-15(14)19(11-2-4-12(21)5-3-11)23-16(9-17(22)26)20(18)27-24-10/h2-8,16,25H,9H2,1H3,(H2,22,26)/t16-/m0/s1. The number of phenolic OH excluding ortho intramolecular Hbond substituents is 1. The van der Waals surface area contributed by atoms with E-state index in [0.717, 1.165) is 22.3 Å². The van der Waals surface area contributed by atoms with Gasteiger partial charge < -0.3 is 15.4 Å². The molecule has 27 heavy (non-hydrogen) atoms. The van der Waals surface area contributed by atoms with Gasteiger partial charge in [-0.15, -0.1) is 0 Å². The highest BCUT2D eigenvalue weighted by Gasteiger charge is 2.31. The lowest BCUT2D eigenvalue weighted by Crippen LogP contribution is -2.15. The second-order valence-corrected chi connectivity index (χ2v) is 6.84. The van der Waals surface area contributed by atoms with Crippen molar-refractivity contribution in [2.75, 3.05) is 0 Å². The third-order valence-corrected chi connectivity index (χ3v) is 4.77. The van der Waals surface area contributed by atoms with Crippen LogP contribution < -0.4 is 5.73 Å². The van der Waals surface area contributed by atoms with E-state index in [4.69, 9.17) is 26.9 Å². The Morgan fingerprint density at radius 3 is 2.67 bits per heavy atom. The Morgan fingerprint density at radius 2 is 1.96 bits per heavy atom. The number of amides is 1. The summed E-state index contributed by atoms with van der Waals surface area (Å²) in [6, 6.07) is 11.6. The monoisotopic (exact) mass is 381 g/mol. The van der Waals surface area contributed by atoms with Gasteiger partial charge in [0, 0.05) is 16.1 Å². The first-order valence-corrected chi connectivity index (χ1v) is 8.74. The summed E-state index contributed by atoms with van der Waals surface area (Å²) >= 11 is 6.02. The molecule has 1 amide bonds. The number of aryl methyl sites for hydroxylation is 1. The molecule has 0 saturated carbocycles. The number of primary amides is 1. The number of aromatic hydroxyl groups is 1. The van der Waals surface area contributed by atoms with Gasteiger partial charge in [0.1, 0.15) is 11.8 Å². The number of hydrogen-bond acceptors (Lipinski definition) is 5. The lowest BCUT2D eigenvalue weighted by Gasteiger charge is -2.12. The predicted molar refractivity (Wildman–Crippen MR) is 102 cm³/mol. The second kappa shape index (κ2) is 6.55. The second-order valence-electron chi connectivity index (χ2n) is 6.41. The molecule has 1 aliphatic rings. The van der Waals surface area contributed by atoms with Gasteiger partial charge in [-0.1, -0.05) is 28.9 Å². The molecule has 4 rings (SSSR count). The topological polar surface area (TPSA) is 102 Å². The van der Waals surface area contributed by atoms with Crippen molar-refractivity contribution in [3.05, 3.63) is 70.1 Å². The number of hydrogen-bond donors (Lipinski definition) is 2. The molecule has 3 N–H and O–H groups in total. The summed E-state index contributed by atoms with van der Waals surface area (Å²) in [6.45, 7) is 1.83. The molecule has 0 aliphatic carbocycles. The SMILES string of the molecule is Cc1noc2c1-c1ccc(O)cc1C(c1ccc(Cl)cc1)=N[C@H]2CC(N)=O. The number of nitrogens with zero attached hydrogens (tertiary/aromatic N) is 2. The van der Waals surface area contributed by atoms with Crippen molar-refractivity contribution in [3.8, 4) is 16.9 Å². The van der Waals surface area contributed by atoms with Crippen LogP contribution in [-0.2, 0) is 4.79 Å². The maximum absolute atomic E-state index is 11.6. The molecule has 7 heteroatoms. The molecule has 0 radical (unpaired) electrons. The predicted octanol–water partition coefficient (Wildman–Crippen LogP) is 3.78. The molecule has 0 saturated heterocycles. The van der Waals surface area contributed by atoms with E-state index in [0.29, 0.717) is 22.2 Å². The van der Waals surface area contributed by atoms with E-state index in [1.54, 1.807) is 30.3 Å². The molecular weight excluding hydrogens is 366 g/mol. The summed E-state index contributed by atoms with van der Waals surface area (Å²) in [5.74, 6) is 0.106. The molecule has 6 nitrogen and oxygen atoms in total. The van der Waals surface area contributed by atoms with Crippen molar-refractivity contribution in [1.82, 2.24) is 5.16 Å². The number of carbonyl (C=O) groups is 1. The van der Waals surface area contributed by atoms with E-state index in [1.807, 2.05) is 19.1 Å². The quantitative estimate of drug-likeness (QED) is 0.720. The van der Waals surface area contributed by atoms with Crippen LogP contribution >= 0.6 is 11.6 Å².